The van der Waals surface area contributed by atoms with Crippen LogP contribution in [0.3, 0.4) is 0 Å². The van der Waals surface area contributed by atoms with Gasteiger partial charge in [0.15, 0.2) is 5.54 Å². The number of carbonyl (C=O) groups is 2. The van der Waals surface area contributed by atoms with Gasteiger partial charge < -0.3 is 19.6 Å². The Balaban J connectivity index is 1.56. The summed E-state index contributed by atoms with van der Waals surface area (Å²) in [7, 11) is 0. The number of hydrogen-bond donors (Lipinski definition) is 2. The van der Waals surface area contributed by atoms with Gasteiger partial charge in [-0.2, -0.15) is 11.3 Å². The van der Waals surface area contributed by atoms with Gasteiger partial charge in [0.2, 0.25) is 17.7 Å². The molecule has 8 nitrogen and oxygen atoms in total. The average molecular weight is 337 g/mol. The first-order valence-electron chi connectivity index (χ1n) is 7.06. The van der Waals surface area contributed by atoms with Crippen LogP contribution in [-0.4, -0.2) is 45.9 Å². The fourth-order valence-corrected chi connectivity index (χ4v) is 2.92. The Hall–Kier alpha value is -2.26. The van der Waals surface area contributed by atoms with E-state index in [1.165, 1.54) is 11.3 Å². The summed E-state index contributed by atoms with van der Waals surface area (Å²) in [6.07, 6.45) is 0.580. The number of aromatic nitrogens is 2. The highest BCUT2D eigenvalue weighted by atomic mass is 32.1. The number of carbonyl (C=O) groups excluding carboxylic acids is 1. The largest absolute Gasteiger partial charge is 0.479 e. The Morgan fingerprint density at radius 1 is 1.43 bits per heavy atom. The molecule has 3 heterocycles. The summed E-state index contributed by atoms with van der Waals surface area (Å²) in [6.45, 7) is 0.303. The SMILES string of the molecule is O=C(CCc1nnc(-c2ccsc2)o1)NC1(C(=O)O)CCOC1. The number of hydrogen-bond acceptors (Lipinski definition) is 7. The number of nitrogens with zero attached hydrogens (tertiary/aromatic N) is 2. The molecule has 122 valence electrons. The van der Waals surface area contributed by atoms with Gasteiger partial charge in [-0.05, 0) is 11.4 Å². The van der Waals surface area contributed by atoms with Crippen molar-refractivity contribution >= 4 is 23.2 Å². The van der Waals surface area contributed by atoms with E-state index in [1.54, 1.807) is 0 Å². The summed E-state index contributed by atoms with van der Waals surface area (Å²) in [5.74, 6) is -0.713. The van der Waals surface area contributed by atoms with E-state index in [1.807, 2.05) is 16.8 Å². The van der Waals surface area contributed by atoms with Gasteiger partial charge in [-0.25, -0.2) is 4.79 Å². The molecule has 1 amide bonds. The van der Waals surface area contributed by atoms with Crippen molar-refractivity contribution in [2.24, 2.45) is 0 Å². The van der Waals surface area contributed by atoms with Gasteiger partial charge in [0, 0.05) is 36.8 Å². The van der Waals surface area contributed by atoms with Crippen molar-refractivity contribution in [2.45, 2.75) is 24.8 Å². The number of carboxylic acids is 1. The smallest absolute Gasteiger partial charge is 0.331 e. The first-order chi connectivity index (χ1) is 11.1. The lowest BCUT2D eigenvalue weighted by Crippen LogP contribution is -2.55. The van der Waals surface area contributed by atoms with Crippen LogP contribution in [-0.2, 0) is 20.7 Å². The lowest BCUT2D eigenvalue weighted by Gasteiger charge is -2.23. The maximum Gasteiger partial charge on any atom is 0.331 e. The first kappa shape index (κ1) is 15.6. The van der Waals surface area contributed by atoms with Crippen molar-refractivity contribution in [3.8, 4) is 11.5 Å². The Kier molecular flexibility index (Phi) is 4.39. The second kappa shape index (κ2) is 6.47. The number of nitrogens with one attached hydrogen (secondary N) is 1. The molecule has 2 aromatic heterocycles. The van der Waals surface area contributed by atoms with Crippen LogP contribution < -0.4 is 5.32 Å². The lowest BCUT2D eigenvalue weighted by molar-refractivity contribution is -0.147. The maximum absolute atomic E-state index is 12.0. The lowest BCUT2D eigenvalue weighted by atomic mass is 9.98. The molecule has 1 aliphatic heterocycles. The van der Waals surface area contributed by atoms with Gasteiger partial charge in [0.1, 0.15) is 0 Å². The number of thiophene rings is 1. The zero-order valence-electron chi connectivity index (χ0n) is 12.2. The van der Waals surface area contributed by atoms with E-state index in [2.05, 4.69) is 15.5 Å². The molecule has 0 spiro atoms. The summed E-state index contributed by atoms with van der Waals surface area (Å²) in [4.78, 5) is 23.3. The van der Waals surface area contributed by atoms with Crippen LogP contribution in [0.1, 0.15) is 18.7 Å². The molecule has 0 saturated carbocycles. The summed E-state index contributed by atoms with van der Waals surface area (Å²) >= 11 is 1.52. The molecule has 1 saturated heterocycles. The number of amides is 1. The predicted octanol–water partition coefficient (Wildman–Crippen LogP) is 1.09. The standard InChI is InChI=1S/C14H15N3O5S/c18-10(15-14(13(19)20)4-5-21-8-14)1-2-11-16-17-12(22-11)9-3-6-23-7-9/h3,6-7H,1-2,4-5,8H2,(H,15,18)(H,19,20). The van der Waals surface area contributed by atoms with E-state index in [9.17, 15) is 14.7 Å². The third-order valence-electron chi connectivity index (χ3n) is 3.61. The summed E-state index contributed by atoms with van der Waals surface area (Å²) < 4.78 is 10.6. The van der Waals surface area contributed by atoms with Crippen molar-refractivity contribution in [3.05, 3.63) is 22.7 Å². The van der Waals surface area contributed by atoms with Crippen LogP contribution in [0.15, 0.2) is 21.2 Å². The molecule has 1 unspecified atom stereocenters. The second-order valence-electron chi connectivity index (χ2n) is 5.25. The highest BCUT2D eigenvalue weighted by Gasteiger charge is 2.43. The quantitative estimate of drug-likeness (QED) is 0.811. The van der Waals surface area contributed by atoms with Gasteiger partial charge >= 0.3 is 5.97 Å². The van der Waals surface area contributed by atoms with Gasteiger partial charge in [0.25, 0.3) is 0 Å². The topological polar surface area (TPSA) is 115 Å². The average Bonchev–Trinajstić information content (AvgIpc) is 3.26. The number of aryl methyl sites for hydroxylation is 1. The molecule has 0 aliphatic carbocycles. The minimum atomic E-state index is -1.33. The number of rotatable bonds is 6. The Labute approximate surface area is 135 Å². The molecule has 2 N–H and O–H groups in total. The summed E-state index contributed by atoms with van der Waals surface area (Å²) in [6, 6.07) is 1.87. The number of aliphatic carboxylic acids is 1. The van der Waals surface area contributed by atoms with Gasteiger partial charge in [-0.3, -0.25) is 4.79 Å². The van der Waals surface area contributed by atoms with E-state index < -0.39 is 11.5 Å². The molecule has 9 heteroatoms. The van der Waals surface area contributed by atoms with E-state index >= 15 is 0 Å². The van der Waals surface area contributed by atoms with Crippen LogP contribution in [0.2, 0.25) is 0 Å². The highest BCUT2D eigenvalue weighted by Crippen LogP contribution is 2.21. The molecule has 0 bridgehead atoms. The molecule has 0 radical (unpaired) electrons. The third kappa shape index (κ3) is 3.40. The first-order valence-corrected chi connectivity index (χ1v) is 8.00. The van der Waals surface area contributed by atoms with Crippen molar-refractivity contribution in [1.82, 2.24) is 15.5 Å². The minimum Gasteiger partial charge on any atom is -0.479 e. The molecule has 0 aromatic carbocycles. The van der Waals surface area contributed by atoms with E-state index in [0.29, 0.717) is 18.4 Å². The molecule has 1 atom stereocenters. The molecule has 1 aliphatic rings. The van der Waals surface area contributed by atoms with E-state index in [-0.39, 0.29) is 31.8 Å². The van der Waals surface area contributed by atoms with Crippen LogP contribution in [0.5, 0.6) is 0 Å². The Bertz CT molecular complexity index is 691. The van der Waals surface area contributed by atoms with Gasteiger partial charge in [0.05, 0.1) is 6.61 Å². The number of ether oxygens (including phenoxy) is 1. The van der Waals surface area contributed by atoms with Crippen molar-refractivity contribution < 1.29 is 23.8 Å². The van der Waals surface area contributed by atoms with E-state index in [4.69, 9.17) is 9.15 Å². The predicted molar refractivity (Wildman–Crippen MR) is 79.9 cm³/mol. The van der Waals surface area contributed by atoms with Crippen LogP contribution in [0, 0.1) is 0 Å². The molecular weight excluding hydrogens is 322 g/mol. The zero-order chi connectivity index (χ0) is 16.3. The second-order valence-corrected chi connectivity index (χ2v) is 6.03. The maximum atomic E-state index is 12.0. The highest BCUT2D eigenvalue weighted by molar-refractivity contribution is 7.08. The van der Waals surface area contributed by atoms with Crippen LogP contribution in [0.25, 0.3) is 11.5 Å². The Morgan fingerprint density at radius 2 is 2.30 bits per heavy atom. The van der Waals surface area contributed by atoms with Crippen LogP contribution >= 0.6 is 11.3 Å². The minimum absolute atomic E-state index is 0.0169. The molecular formula is C14H15N3O5S. The van der Waals surface area contributed by atoms with Crippen LogP contribution in [0.4, 0.5) is 0 Å². The van der Waals surface area contributed by atoms with Gasteiger partial charge in [-0.15, -0.1) is 10.2 Å². The van der Waals surface area contributed by atoms with Crippen molar-refractivity contribution in [3.63, 3.8) is 0 Å². The molecule has 23 heavy (non-hydrogen) atoms. The fourth-order valence-electron chi connectivity index (χ4n) is 2.29. The molecule has 3 rings (SSSR count). The third-order valence-corrected chi connectivity index (χ3v) is 4.29. The summed E-state index contributed by atoms with van der Waals surface area (Å²) in [5, 5.41) is 23.4. The van der Waals surface area contributed by atoms with Gasteiger partial charge in [-0.1, -0.05) is 0 Å². The van der Waals surface area contributed by atoms with E-state index in [0.717, 1.165) is 5.56 Å². The van der Waals surface area contributed by atoms with Crippen molar-refractivity contribution in [1.29, 1.82) is 0 Å². The Morgan fingerprint density at radius 3 is 2.96 bits per heavy atom. The summed E-state index contributed by atoms with van der Waals surface area (Å²) in [5.41, 5.74) is -0.487. The number of carboxylic acid groups (broad SMARTS) is 1. The zero-order valence-corrected chi connectivity index (χ0v) is 13.0. The monoisotopic (exact) mass is 337 g/mol. The van der Waals surface area contributed by atoms with Crippen molar-refractivity contribution in [2.75, 3.05) is 13.2 Å². The molecule has 1 fully saturated rings. The normalized spacial score (nSPS) is 20.5. The molecule has 2 aromatic rings. The fraction of sp³-hybridized carbons (Fsp3) is 0.429.